The van der Waals surface area contributed by atoms with E-state index in [4.69, 9.17) is 0 Å². The van der Waals surface area contributed by atoms with Crippen LogP contribution in [0.5, 0.6) is 0 Å². The first-order valence-corrected chi connectivity index (χ1v) is 8.78. The van der Waals surface area contributed by atoms with Crippen molar-refractivity contribution in [1.82, 2.24) is 14.9 Å². The number of hydrogen-bond donors (Lipinski definition) is 2. The van der Waals surface area contributed by atoms with Gasteiger partial charge in [-0.3, -0.25) is 0 Å². The van der Waals surface area contributed by atoms with E-state index < -0.39 is 11.7 Å². The van der Waals surface area contributed by atoms with Crippen LogP contribution in [-0.4, -0.2) is 33.3 Å². The molecule has 0 unspecified atom stereocenters. The van der Waals surface area contributed by atoms with Crippen molar-refractivity contribution in [2.45, 2.75) is 50.6 Å². The lowest BCUT2D eigenvalue weighted by molar-refractivity contribution is -0.137. The number of alkyl halides is 3. The topological polar surface area (TPSA) is 50.1 Å². The maximum Gasteiger partial charge on any atom is 0.416 e. The number of nitrogens with one attached hydrogen (secondary N) is 1. The van der Waals surface area contributed by atoms with E-state index in [0.29, 0.717) is 22.1 Å². The second kappa shape index (κ2) is 9.59. The molecule has 2 N–H and O–H groups in total. The maximum absolute atomic E-state index is 12.9. The molecule has 148 valence electrons. The van der Waals surface area contributed by atoms with Gasteiger partial charge in [-0.1, -0.05) is 0 Å². The van der Waals surface area contributed by atoms with Crippen LogP contribution in [0.4, 0.5) is 13.2 Å². The first-order chi connectivity index (χ1) is 11.4. The fraction of sp³-hybridized carbons (Fsp3) is 0.562. The number of aromatic nitrogens is 2. The number of halogens is 6. The number of hydrogen-bond acceptors (Lipinski definition) is 3. The SMILES string of the molecule is Cl.Cl.O[C@H]1CCCN[C@@H]1CCCn1cnc2cc(C(F)(F)F)cc(Br)c21. The van der Waals surface area contributed by atoms with Gasteiger partial charge in [0.15, 0.2) is 0 Å². The van der Waals surface area contributed by atoms with Gasteiger partial charge < -0.3 is 15.0 Å². The van der Waals surface area contributed by atoms with Crippen LogP contribution in [-0.2, 0) is 12.7 Å². The van der Waals surface area contributed by atoms with E-state index in [1.165, 1.54) is 0 Å². The van der Waals surface area contributed by atoms with Gasteiger partial charge in [-0.2, -0.15) is 13.2 Å². The number of nitrogens with zero attached hydrogens (tertiary/aromatic N) is 2. The van der Waals surface area contributed by atoms with E-state index in [1.54, 1.807) is 6.33 Å². The van der Waals surface area contributed by atoms with Gasteiger partial charge in [0, 0.05) is 17.1 Å². The van der Waals surface area contributed by atoms with Gasteiger partial charge in [-0.05, 0) is 60.3 Å². The highest BCUT2D eigenvalue weighted by Crippen LogP contribution is 2.35. The standard InChI is InChI=1S/C16H19BrF3N3O.2ClH/c17-11-7-10(16(18,19)20)8-13-15(11)23(9-22-13)6-2-3-12-14(24)4-1-5-21-12;;/h7-9,12,14,21,24H,1-6H2;2*1H/t12-,14+;;/m1../s1. The molecule has 0 saturated carbocycles. The van der Waals surface area contributed by atoms with Crippen LogP contribution in [0.15, 0.2) is 22.9 Å². The fourth-order valence-electron chi connectivity index (χ4n) is 3.20. The molecule has 1 aromatic carbocycles. The number of aliphatic hydroxyl groups excluding tert-OH is 1. The van der Waals surface area contributed by atoms with E-state index in [1.807, 2.05) is 4.57 Å². The van der Waals surface area contributed by atoms with Crippen molar-refractivity contribution in [1.29, 1.82) is 0 Å². The number of imidazole rings is 1. The maximum atomic E-state index is 12.9. The van der Waals surface area contributed by atoms with Gasteiger partial charge in [0.25, 0.3) is 0 Å². The Bertz CT molecular complexity index is 727. The van der Waals surface area contributed by atoms with E-state index in [0.717, 1.165) is 44.4 Å². The lowest BCUT2D eigenvalue weighted by Gasteiger charge is -2.29. The molecule has 4 nitrogen and oxygen atoms in total. The fourth-order valence-corrected chi connectivity index (χ4v) is 3.88. The Labute approximate surface area is 170 Å². The zero-order valence-corrected chi connectivity index (χ0v) is 17.0. The van der Waals surface area contributed by atoms with Crippen LogP contribution in [0.25, 0.3) is 11.0 Å². The highest BCUT2D eigenvalue weighted by Gasteiger charge is 2.31. The molecular weight excluding hydrogens is 458 g/mol. The second-order valence-corrected chi connectivity index (χ2v) is 7.03. The van der Waals surface area contributed by atoms with Crippen LogP contribution >= 0.6 is 40.7 Å². The highest BCUT2D eigenvalue weighted by atomic mass is 79.9. The molecule has 0 radical (unpaired) electrons. The first kappa shape index (κ1) is 23.5. The summed E-state index contributed by atoms with van der Waals surface area (Å²) in [5.41, 5.74) is 0.286. The predicted molar refractivity (Wildman–Crippen MR) is 103 cm³/mol. The summed E-state index contributed by atoms with van der Waals surface area (Å²) in [7, 11) is 0. The van der Waals surface area contributed by atoms with Crippen LogP contribution in [0.2, 0.25) is 0 Å². The number of fused-ring (bicyclic) bond motifs is 1. The van der Waals surface area contributed by atoms with Crippen LogP contribution < -0.4 is 5.32 Å². The predicted octanol–water partition coefficient (Wildman–Crippen LogP) is 4.55. The zero-order chi connectivity index (χ0) is 17.3. The average Bonchev–Trinajstić information content (AvgIpc) is 2.92. The minimum Gasteiger partial charge on any atom is -0.392 e. The Balaban J connectivity index is 0.00000169. The average molecular weight is 479 g/mol. The quantitative estimate of drug-likeness (QED) is 0.677. The minimum atomic E-state index is -4.39. The third-order valence-electron chi connectivity index (χ3n) is 4.46. The molecule has 26 heavy (non-hydrogen) atoms. The van der Waals surface area contributed by atoms with Gasteiger partial charge in [0.1, 0.15) is 0 Å². The molecule has 0 amide bonds. The molecule has 3 rings (SSSR count). The Kier molecular flexibility index (Phi) is 8.67. The molecule has 2 heterocycles. The largest absolute Gasteiger partial charge is 0.416 e. The van der Waals surface area contributed by atoms with Gasteiger partial charge in [0.05, 0.1) is 29.0 Å². The molecule has 1 aliphatic rings. The van der Waals surface area contributed by atoms with Gasteiger partial charge in [0.2, 0.25) is 0 Å². The van der Waals surface area contributed by atoms with Crippen molar-refractivity contribution >= 4 is 51.8 Å². The van der Waals surface area contributed by atoms with Crippen LogP contribution in [0, 0.1) is 0 Å². The molecule has 2 atom stereocenters. The van der Waals surface area contributed by atoms with Gasteiger partial charge in [-0.15, -0.1) is 24.8 Å². The number of aryl methyl sites for hydroxylation is 1. The van der Waals surface area contributed by atoms with Gasteiger partial charge in [-0.25, -0.2) is 4.98 Å². The minimum absolute atomic E-state index is 0. The molecular formula is C16H21BrCl2F3N3O. The van der Waals surface area contributed by atoms with Crippen molar-refractivity contribution in [2.75, 3.05) is 6.54 Å². The summed E-state index contributed by atoms with van der Waals surface area (Å²) in [4.78, 5) is 4.10. The van der Waals surface area contributed by atoms with Gasteiger partial charge >= 0.3 is 6.18 Å². The molecule has 1 aromatic heterocycles. The number of piperidine rings is 1. The normalized spacial score (nSPS) is 20.5. The molecule has 1 aliphatic heterocycles. The third-order valence-corrected chi connectivity index (χ3v) is 5.06. The number of rotatable bonds is 4. The smallest absolute Gasteiger partial charge is 0.392 e. The summed E-state index contributed by atoms with van der Waals surface area (Å²) in [6.45, 7) is 1.56. The first-order valence-electron chi connectivity index (χ1n) is 7.99. The number of aliphatic hydroxyl groups is 1. The van der Waals surface area contributed by atoms with Crippen molar-refractivity contribution in [3.05, 3.63) is 28.5 Å². The molecule has 10 heteroatoms. The Morgan fingerprint density at radius 3 is 2.69 bits per heavy atom. The van der Waals surface area contributed by atoms with Crippen molar-refractivity contribution in [3.63, 3.8) is 0 Å². The lowest BCUT2D eigenvalue weighted by atomic mass is 9.97. The second-order valence-electron chi connectivity index (χ2n) is 6.17. The summed E-state index contributed by atoms with van der Waals surface area (Å²) in [5.74, 6) is 0. The Morgan fingerprint density at radius 2 is 2.04 bits per heavy atom. The van der Waals surface area contributed by atoms with Crippen molar-refractivity contribution in [3.8, 4) is 0 Å². The molecule has 2 aromatic rings. The van der Waals surface area contributed by atoms with E-state index in [-0.39, 0.29) is 37.0 Å². The summed E-state index contributed by atoms with van der Waals surface area (Å²) in [6, 6.07) is 2.25. The summed E-state index contributed by atoms with van der Waals surface area (Å²) < 4.78 is 40.8. The van der Waals surface area contributed by atoms with E-state index in [9.17, 15) is 18.3 Å². The summed E-state index contributed by atoms with van der Waals surface area (Å²) >= 11 is 3.24. The van der Waals surface area contributed by atoms with Crippen LogP contribution in [0.3, 0.4) is 0 Å². The molecule has 0 bridgehead atoms. The highest BCUT2D eigenvalue weighted by molar-refractivity contribution is 9.10. The van der Waals surface area contributed by atoms with Crippen molar-refractivity contribution < 1.29 is 18.3 Å². The molecule has 0 aliphatic carbocycles. The molecule has 0 spiro atoms. The third kappa shape index (κ3) is 5.25. The Morgan fingerprint density at radius 1 is 1.31 bits per heavy atom. The lowest BCUT2D eigenvalue weighted by Crippen LogP contribution is -2.44. The van der Waals surface area contributed by atoms with E-state index >= 15 is 0 Å². The van der Waals surface area contributed by atoms with Crippen LogP contribution in [0.1, 0.15) is 31.2 Å². The number of benzene rings is 1. The summed E-state index contributed by atoms with van der Waals surface area (Å²) in [6.07, 6.45) is 0.297. The Hall–Kier alpha value is -0.540. The monoisotopic (exact) mass is 477 g/mol. The molecule has 1 saturated heterocycles. The zero-order valence-electron chi connectivity index (χ0n) is 13.8. The summed E-state index contributed by atoms with van der Waals surface area (Å²) in [5, 5.41) is 13.3. The van der Waals surface area contributed by atoms with Crippen molar-refractivity contribution in [2.24, 2.45) is 0 Å². The van der Waals surface area contributed by atoms with E-state index in [2.05, 4.69) is 26.2 Å². The molecule has 1 fully saturated rings.